The number of aliphatic hydroxyl groups is 1. The van der Waals surface area contributed by atoms with Crippen molar-refractivity contribution in [3.05, 3.63) is 35.9 Å². The molecule has 0 aromatic heterocycles. The standard InChI is InChI=1S/C42H66Cl3NO10/c1-3-5-7-9-11-13-15-17-22-26-32(53-34(47)27-23-18-16-14-12-10-8-6-4-2)28-35(48)55-38-36(46-41(50)52-30-42(43,44)45)39(49)54-33-29-51-40(56-37(33)38)31-24-20-19-21-25-31/h19-21,24-25,32-33,36-40,49H,3-18,22-23,26-30H2,1-2H3,(H,46,50)/t32-,33-,36-,37-,38-,39+,40-/m1/s1. The number of ether oxygens (including phenoxy) is 6. The highest BCUT2D eigenvalue weighted by molar-refractivity contribution is 6.67. The molecule has 3 rings (SSSR count). The predicted molar refractivity (Wildman–Crippen MR) is 218 cm³/mol. The predicted octanol–water partition coefficient (Wildman–Crippen LogP) is 10.3. The molecular weight excluding hydrogens is 785 g/mol. The van der Waals surface area contributed by atoms with Crippen LogP contribution < -0.4 is 5.32 Å². The number of aliphatic hydroxyl groups excluding tert-OH is 1. The van der Waals surface area contributed by atoms with E-state index in [1.165, 1.54) is 64.2 Å². The number of carbonyl (C=O) groups excluding carboxylic acids is 3. The Morgan fingerprint density at radius 2 is 1.38 bits per heavy atom. The van der Waals surface area contributed by atoms with Crippen molar-refractivity contribution in [1.82, 2.24) is 5.32 Å². The van der Waals surface area contributed by atoms with Crippen LogP contribution in [-0.4, -0.2) is 76.9 Å². The summed E-state index contributed by atoms with van der Waals surface area (Å²) in [6.07, 6.45) is 13.6. The van der Waals surface area contributed by atoms with E-state index in [4.69, 9.17) is 63.2 Å². The second-order valence-corrected chi connectivity index (χ2v) is 17.6. The third-order valence-electron chi connectivity index (χ3n) is 10.2. The number of halogens is 3. The van der Waals surface area contributed by atoms with Crippen molar-refractivity contribution in [3.63, 3.8) is 0 Å². The molecule has 2 aliphatic rings. The molecule has 1 aromatic carbocycles. The average Bonchev–Trinajstić information content (AvgIpc) is 3.17. The lowest BCUT2D eigenvalue weighted by Crippen LogP contribution is -2.67. The number of alkyl halides is 3. The third-order valence-corrected chi connectivity index (χ3v) is 10.5. The highest BCUT2D eigenvalue weighted by Gasteiger charge is 2.52. The minimum absolute atomic E-state index is 0.0114. The number of esters is 2. The van der Waals surface area contributed by atoms with E-state index in [-0.39, 0.29) is 25.4 Å². The van der Waals surface area contributed by atoms with E-state index in [2.05, 4.69) is 19.2 Å². The van der Waals surface area contributed by atoms with Gasteiger partial charge in [-0.15, -0.1) is 0 Å². The van der Waals surface area contributed by atoms with Gasteiger partial charge >= 0.3 is 18.0 Å². The molecule has 56 heavy (non-hydrogen) atoms. The number of benzene rings is 1. The molecule has 1 amide bonds. The van der Waals surface area contributed by atoms with Crippen LogP contribution in [0.1, 0.15) is 161 Å². The molecule has 2 heterocycles. The van der Waals surface area contributed by atoms with Gasteiger partial charge in [0.15, 0.2) is 18.7 Å². The first kappa shape index (κ1) is 48.5. The molecular formula is C42H66Cl3NO10. The minimum Gasteiger partial charge on any atom is -0.462 e. The molecule has 7 atom stereocenters. The van der Waals surface area contributed by atoms with Gasteiger partial charge in [0.05, 0.1) is 13.0 Å². The summed E-state index contributed by atoms with van der Waals surface area (Å²) in [7, 11) is 0. The van der Waals surface area contributed by atoms with E-state index in [1.54, 1.807) is 0 Å². The molecule has 0 unspecified atom stereocenters. The van der Waals surface area contributed by atoms with Crippen LogP contribution >= 0.6 is 34.8 Å². The number of amides is 1. The largest absolute Gasteiger partial charge is 0.462 e. The zero-order valence-electron chi connectivity index (χ0n) is 33.4. The summed E-state index contributed by atoms with van der Waals surface area (Å²) in [5.41, 5.74) is 0.716. The fraction of sp³-hybridized carbons (Fsp3) is 0.786. The monoisotopic (exact) mass is 849 g/mol. The first-order chi connectivity index (χ1) is 27.0. The van der Waals surface area contributed by atoms with Gasteiger partial charge in [-0.25, -0.2) is 4.79 Å². The van der Waals surface area contributed by atoms with Gasteiger partial charge in [0.25, 0.3) is 0 Å². The fourth-order valence-electron chi connectivity index (χ4n) is 7.08. The molecule has 2 aliphatic heterocycles. The maximum absolute atomic E-state index is 13.8. The number of unbranched alkanes of at least 4 members (excludes halogenated alkanes) is 16. The Bertz CT molecular complexity index is 1240. The summed E-state index contributed by atoms with van der Waals surface area (Å²) in [5, 5.41) is 13.5. The number of nitrogens with one attached hydrogen (secondary N) is 1. The summed E-state index contributed by atoms with van der Waals surface area (Å²) < 4.78 is 33.1. The Balaban J connectivity index is 1.66. The molecule has 14 heteroatoms. The van der Waals surface area contributed by atoms with Crippen molar-refractivity contribution in [2.75, 3.05) is 13.2 Å². The maximum atomic E-state index is 13.8. The number of carbonyl (C=O) groups is 3. The number of alkyl carbamates (subject to hydrolysis) is 1. The van der Waals surface area contributed by atoms with Gasteiger partial charge in [0.1, 0.15) is 31.0 Å². The van der Waals surface area contributed by atoms with Crippen LogP contribution in [0.15, 0.2) is 30.3 Å². The molecule has 0 radical (unpaired) electrons. The highest BCUT2D eigenvalue weighted by Crippen LogP contribution is 2.35. The highest BCUT2D eigenvalue weighted by atomic mass is 35.6. The van der Waals surface area contributed by atoms with E-state index in [0.29, 0.717) is 12.0 Å². The van der Waals surface area contributed by atoms with E-state index >= 15 is 0 Å². The van der Waals surface area contributed by atoms with Crippen molar-refractivity contribution >= 4 is 52.8 Å². The summed E-state index contributed by atoms with van der Waals surface area (Å²) in [4.78, 5) is 39.6. The van der Waals surface area contributed by atoms with E-state index in [0.717, 1.165) is 51.4 Å². The lowest BCUT2D eigenvalue weighted by atomic mass is 9.95. The summed E-state index contributed by atoms with van der Waals surface area (Å²) in [6, 6.07) is 7.85. The van der Waals surface area contributed by atoms with Crippen LogP contribution in [0.2, 0.25) is 0 Å². The normalized spacial score (nSPS) is 22.8. The van der Waals surface area contributed by atoms with Crippen molar-refractivity contribution in [1.29, 1.82) is 0 Å². The van der Waals surface area contributed by atoms with Gasteiger partial charge in [-0.1, -0.05) is 182 Å². The molecule has 0 bridgehead atoms. The van der Waals surface area contributed by atoms with Crippen LogP contribution in [0, 0.1) is 0 Å². The number of hydrogen-bond acceptors (Lipinski definition) is 10. The first-order valence-corrected chi connectivity index (χ1v) is 22.2. The SMILES string of the molecule is CCCCCCCCCCCC(=O)O[C@H](CCCCCCCCCCC)CC(=O)O[C@@H]1[C@@H](NC(=O)OCC(Cl)(Cl)Cl)[C@@H](O)O[C@@H]2CO[C@@H](c3ccccc3)O[C@@H]12. The van der Waals surface area contributed by atoms with Crippen molar-refractivity contribution < 1.29 is 47.9 Å². The molecule has 11 nitrogen and oxygen atoms in total. The molecule has 0 spiro atoms. The maximum Gasteiger partial charge on any atom is 0.407 e. The molecule has 2 N–H and O–H groups in total. The Hall–Kier alpha value is -1.86. The molecule has 1 aromatic rings. The van der Waals surface area contributed by atoms with Crippen molar-refractivity contribution in [3.8, 4) is 0 Å². The quantitative estimate of drug-likeness (QED) is 0.0381. The number of hydrogen-bond donors (Lipinski definition) is 2. The average molecular weight is 851 g/mol. The Morgan fingerprint density at radius 3 is 1.96 bits per heavy atom. The second-order valence-electron chi connectivity index (χ2n) is 15.1. The first-order valence-electron chi connectivity index (χ1n) is 21.0. The lowest BCUT2D eigenvalue weighted by Gasteiger charge is -2.47. The van der Waals surface area contributed by atoms with Gasteiger partial charge in [0, 0.05) is 12.0 Å². The molecule has 0 saturated carbocycles. The van der Waals surface area contributed by atoms with E-state index in [1.807, 2.05) is 30.3 Å². The lowest BCUT2D eigenvalue weighted by molar-refractivity contribution is -0.338. The zero-order chi connectivity index (χ0) is 40.6. The molecule has 0 aliphatic carbocycles. The van der Waals surface area contributed by atoms with Gasteiger partial charge in [-0.05, 0) is 19.3 Å². The van der Waals surface area contributed by atoms with Crippen LogP contribution in [0.25, 0.3) is 0 Å². The summed E-state index contributed by atoms with van der Waals surface area (Å²) in [5.74, 6) is -1.02. The van der Waals surface area contributed by atoms with Crippen LogP contribution in [0.4, 0.5) is 4.79 Å². The van der Waals surface area contributed by atoms with Crippen LogP contribution in [0.3, 0.4) is 0 Å². The van der Waals surface area contributed by atoms with Gasteiger partial charge in [-0.2, -0.15) is 0 Å². The summed E-state index contributed by atoms with van der Waals surface area (Å²) in [6.45, 7) is 3.86. The van der Waals surface area contributed by atoms with Gasteiger partial charge in [0.2, 0.25) is 3.79 Å². The van der Waals surface area contributed by atoms with Gasteiger partial charge < -0.3 is 38.8 Å². The Morgan fingerprint density at radius 1 is 0.804 bits per heavy atom. The Labute approximate surface area is 349 Å². The van der Waals surface area contributed by atoms with E-state index in [9.17, 15) is 19.5 Å². The summed E-state index contributed by atoms with van der Waals surface area (Å²) >= 11 is 17.3. The van der Waals surface area contributed by atoms with Crippen LogP contribution in [0.5, 0.6) is 0 Å². The number of fused-ring (bicyclic) bond motifs is 1. The van der Waals surface area contributed by atoms with Gasteiger partial charge in [-0.3, -0.25) is 9.59 Å². The molecule has 2 fully saturated rings. The smallest absolute Gasteiger partial charge is 0.407 e. The molecule has 2 saturated heterocycles. The topological polar surface area (TPSA) is 139 Å². The minimum atomic E-state index is -1.88. The van der Waals surface area contributed by atoms with Crippen molar-refractivity contribution in [2.45, 2.75) is 196 Å². The zero-order valence-corrected chi connectivity index (χ0v) is 35.7. The Kier molecular flexibility index (Phi) is 24.0. The van der Waals surface area contributed by atoms with E-state index < -0.39 is 65.5 Å². The number of rotatable bonds is 27. The van der Waals surface area contributed by atoms with Crippen molar-refractivity contribution in [2.24, 2.45) is 0 Å². The second kappa shape index (κ2) is 27.8. The molecule has 320 valence electrons. The third kappa shape index (κ3) is 19.7. The van der Waals surface area contributed by atoms with Crippen LogP contribution in [-0.2, 0) is 38.0 Å². The fourth-order valence-corrected chi connectivity index (χ4v) is 7.25.